The molecule has 0 saturated heterocycles. The van der Waals surface area contributed by atoms with E-state index in [9.17, 15) is 9.90 Å². The third-order valence-electron chi connectivity index (χ3n) is 6.77. The Kier molecular flexibility index (Phi) is 4.26. The van der Waals surface area contributed by atoms with Crippen molar-refractivity contribution in [1.29, 1.82) is 0 Å². The van der Waals surface area contributed by atoms with Gasteiger partial charge in [-0.1, -0.05) is 26.0 Å². The second-order valence-corrected chi connectivity index (χ2v) is 7.98. The number of rotatable bonds is 4. The summed E-state index contributed by atoms with van der Waals surface area (Å²) < 4.78 is 5.18. The highest BCUT2D eigenvalue weighted by molar-refractivity contribution is 5.86. The lowest BCUT2D eigenvalue weighted by Crippen LogP contribution is -2.55. The minimum Gasteiger partial charge on any atom is -0.472 e. The van der Waals surface area contributed by atoms with E-state index in [1.165, 1.54) is 11.1 Å². The average Bonchev–Trinajstić information content (AvgIpc) is 3.04. The van der Waals surface area contributed by atoms with E-state index in [4.69, 9.17) is 4.42 Å². The van der Waals surface area contributed by atoms with Crippen LogP contribution in [0.5, 0.6) is 0 Å². The minimum absolute atomic E-state index is 0.0347. The molecule has 2 fully saturated rings. The van der Waals surface area contributed by atoms with Crippen LogP contribution in [0.25, 0.3) is 0 Å². The fourth-order valence-corrected chi connectivity index (χ4v) is 5.28. The summed E-state index contributed by atoms with van der Waals surface area (Å²) in [7, 11) is 0. The molecule has 3 heteroatoms. The molecule has 0 radical (unpaired) electrons. The molecule has 1 aromatic heterocycles. The van der Waals surface area contributed by atoms with Crippen LogP contribution in [-0.4, -0.2) is 17.5 Å². The standard InChI is InChI=1S/C20H28O3/c1-14-4-7-17-19(2,10-8-18(22)20(17,3)13-21)16(14)6-5-15-9-11-23-12-15/h9,11-12,16-17,21H,1,4-8,10,13H2,2-3H3/t16-,17+,19+,20+/m1/s1. The highest BCUT2D eigenvalue weighted by atomic mass is 16.3. The maximum absolute atomic E-state index is 12.5. The Balaban J connectivity index is 1.86. The van der Waals surface area contributed by atoms with Gasteiger partial charge in [-0.3, -0.25) is 4.79 Å². The second-order valence-electron chi connectivity index (χ2n) is 7.98. The van der Waals surface area contributed by atoms with Crippen LogP contribution in [0.3, 0.4) is 0 Å². The number of aryl methyl sites for hydroxylation is 1. The number of hydrogen-bond donors (Lipinski definition) is 1. The number of fused-ring (bicyclic) bond motifs is 1. The summed E-state index contributed by atoms with van der Waals surface area (Å²) >= 11 is 0. The summed E-state index contributed by atoms with van der Waals surface area (Å²) in [5.74, 6) is 0.903. The van der Waals surface area contributed by atoms with Crippen LogP contribution in [0.15, 0.2) is 35.2 Å². The molecule has 2 saturated carbocycles. The third-order valence-corrected chi connectivity index (χ3v) is 6.77. The largest absolute Gasteiger partial charge is 0.472 e. The van der Waals surface area contributed by atoms with Crippen molar-refractivity contribution in [2.24, 2.45) is 22.7 Å². The smallest absolute Gasteiger partial charge is 0.141 e. The Labute approximate surface area is 138 Å². The molecule has 3 rings (SSSR count). The summed E-state index contributed by atoms with van der Waals surface area (Å²) in [5.41, 5.74) is 2.02. The van der Waals surface area contributed by atoms with Gasteiger partial charge in [-0.05, 0) is 61.0 Å². The van der Waals surface area contributed by atoms with Crippen molar-refractivity contribution in [2.45, 2.75) is 52.4 Å². The Hall–Kier alpha value is -1.35. The van der Waals surface area contributed by atoms with Gasteiger partial charge < -0.3 is 9.52 Å². The van der Waals surface area contributed by atoms with Crippen molar-refractivity contribution in [2.75, 3.05) is 6.61 Å². The van der Waals surface area contributed by atoms with E-state index in [1.54, 1.807) is 6.26 Å². The van der Waals surface area contributed by atoms with Gasteiger partial charge in [0.2, 0.25) is 0 Å². The van der Waals surface area contributed by atoms with Crippen LogP contribution >= 0.6 is 0 Å². The van der Waals surface area contributed by atoms with Gasteiger partial charge in [0, 0.05) is 6.42 Å². The number of carbonyl (C=O) groups excluding carboxylic acids is 1. The lowest BCUT2D eigenvalue weighted by molar-refractivity contribution is -0.151. The van der Waals surface area contributed by atoms with Gasteiger partial charge in [0.15, 0.2) is 0 Å². The summed E-state index contributed by atoms with van der Waals surface area (Å²) in [6, 6.07) is 2.02. The number of hydrogen-bond acceptors (Lipinski definition) is 3. The van der Waals surface area contributed by atoms with Gasteiger partial charge in [-0.2, -0.15) is 0 Å². The van der Waals surface area contributed by atoms with E-state index in [2.05, 4.69) is 13.5 Å². The lowest BCUT2D eigenvalue weighted by atomic mass is 9.46. The van der Waals surface area contributed by atoms with Crippen LogP contribution in [-0.2, 0) is 11.2 Å². The van der Waals surface area contributed by atoms with Gasteiger partial charge in [-0.15, -0.1) is 0 Å². The zero-order valence-electron chi connectivity index (χ0n) is 14.3. The molecular weight excluding hydrogens is 288 g/mol. The van der Waals surface area contributed by atoms with Crippen molar-refractivity contribution in [1.82, 2.24) is 0 Å². The molecule has 1 heterocycles. The van der Waals surface area contributed by atoms with Gasteiger partial charge in [0.05, 0.1) is 24.5 Å². The van der Waals surface area contributed by atoms with Crippen molar-refractivity contribution < 1.29 is 14.3 Å². The monoisotopic (exact) mass is 316 g/mol. The topological polar surface area (TPSA) is 50.4 Å². The van der Waals surface area contributed by atoms with Crippen LogP contribution in [0.1, 0.15) is 51.5 Å². The molecule has 0 aliphatic heterocycles. The van der Waals surface area contributed by atoms with Gasteiger partial charge in [0.1, 0.15) is 5.78 Å². The molecule has 23 heavy (non-hydrogen) atoms. The molecule has 0 amide bonds. The molecule has 2 aliphatic carbocycles. The zero-order chi connectivity index (χ0) is 16.7. The van der Waals surface area contributed by atoms with Crippen LogP contribution in [0.2, 0.25) is 0 Å². The first-order valence-corrected chi connectivity index (χ1v) is 8.74. The fourth-order valence-electron chi connectivity index (χ4n) is 5.28. The quantitative estimate of drug-likeness (QED) is 0.848. The van der Waals surface area contributed by atoms with E-state index in [1.807, 2.05) is 19.3 Å². The van der Waals surface area contributed by atoms with Crippen LogP contribution in [0, 0.1) is 22.7 Å². The molecule has 3 nitrogen and oxygen atoms in total. The highest BCUT2D eigenvalue weighted by Crippen LogP contribution is 2.60. The highest BCUT2D eigenvalue weighted by Gasteiger charge is 2.57. The summed E-state index contributed by atoms with van der Waals surface area (Å²) in [6.45, 7) is 8.61. The van der Waals surface area contributed by atoms with E-state index in [0.29, 0.717) is 12.3 Å². The fraction of sp³-hybridized carbons (Fsp3) is 0.650. The lowest BCUT2D eigenvalue weighted by Gasteiger charge is -2.57. The predicted octanol–water partition coefficient (Wildman–Crippen LogP) is 4.16. The average molecular weight is 316 g/mol. The Morgan fingerprint density at radius 1 is 1.39 bits per heavy atom. The number of carbonyl (C=O) groups is 1. The van der Waals surface area contributed by atoms with Crippen molar-refractivity contribution >= 4 is 5.78 Å². The molecular formula is C20H28O3. The van der Waals surface area contributed by atoms with E-state index >= 15 is 0 Å². The third kappa shape index (κ3) is 2.59. The maximum atomic E-state index is 12.5. The van der Waals surface area contributed by atoms with Crippen LogP contribution < -0.4 is 0 Å². The predicted molar refractivity (Wildman–Crippen MR) is 89.9 cm³/mol. The molecule has 0 aromatic carbocycles. The van der Waals surface area contributed by atoms with E-state index in [0.717, 1.165) is 32.1 Å². The number of furan rings is 1. The van der Waals surface area contributed by atoms with Crippen molar-refractivity contribution in [3.05, 3.63) is 36.3 Å². The number of aliphatic hydroxyl groups is 1. The molecule has 1 aromatic rings. The second kappa shape index (κ2) is 5.94. The number of aliphatic hydroxyl groups excluding tert-OH is 1. The first-order valence-electron chi connectivity index (χ1n) is 8.74. The normalized spacial score (nSPS) is 37.7. The van der Waals surface area contributed by atoms with E-state index < -0.39 is 5.41 Å². The maximum Gasteiger partial charge on any atom is 0.141 e. The first-order chi connectivity index (χ1) is 10.9. The van der Waals surface area contributed by atoms with Crippen LogP contribution in [0.4, 0.5) is 0 Å². The first kappa shape index (κ1) is 16.5. The van der Waals surface area contributed by atoms with Crippen molar-refractivity contribution in [3.8, 4) is 0 Å². The SMILES string of the molecule is C=C1CC[C@H]2[C@@](C)(CCC(=O)[C@@]2(C)CO)[C@@H]1CCc1ccoc1. The number of ketones is 1. The summed E-state index contributed by atoms with van der Waals surface area (Å²) in [6.07, 6.45) is 9.00. The molecule has 0 unspecified atom stereocenters. The summed E-state index contributed by atoms with van der Waals surface area (Å²) in [5, 5.41) is 9.95. The Morgan fingerprint density at radius 2 is 2.17 bits per heavy atom. The number of Topliss-reactive ketones (excluding diaryl/α,β-unsaturated/α-hetero) is 1. The zero-order valence-corrected chi connectivity index (χ0v) is 14.3. The van der Waals surface area contributed by atoms with E-state index in [-0.39, 0.29) is 23.7 Å². The molecule has 0 spiro atoms. The van der Waals surface area contributed by atoms with Gasteiger partial charge in [0.25, 0.3) is 0 Å². The van der Waals surface area contributed by atoms with Gasteiger partial charge >= 0.3 is 0 Å². The Morgan fingerprint density at radius 3 is 2.83 bits per heavy atom. The molecule has 2 aliphatic rings. The molecule has 4 atom stereocenters. The van der Waals surface area contributed by atoms with Crippen molar-refractivity contribution in [3.63, 3.8) is 0 Å². The minimum atomic E-state index is -0.582. The summed E-state index contributed by atoms with van der Waals surface area (Å²) in [4.78, 5) is 12.5. The molecule has 0 bridgehead atoms. The molecule has 126 valence electrons. The number of allylic oxidation sites excluding steroid dienone is 1. The molecule has 1 N–H and O–H groups in total. The van der Waals surface area contributed by atoms with Gasteiger partial charge in [-0.25, -0.2) is 0 Å². The Bertz CT molecular complexity index is 588.